The van der Waals surface area contributed by atoms with Gasteiger partial charge in [-0.2, -0.15) is 0 Å². The summed E-state index contributed by atoms with van der Waals surface area (Å²) in [6, 6.07) is 2.07. The van der Waals surface area contributed by atoms with Crippen LogP contribution in [-0.4, -0.2) is 24.9 Å². The van der Waals surface area contributed by atoms with E-state index in [1.54, 1.807) is 0 Å². The zero-order valence-corrected chi connectivity index (χ0v) is 13.8. The van der Waals surface area contributed by atoms with Crippen molar-refractivity contribution in [3.05, 3.63) is 23.2 Å². The van der Waals surface area contributed by atoms with Crippen LogP contribution in [0.25, 0.3) is 0 Å². The third kappa shape index (κ3) is 5.81. The normalized spacial score (nSPS) is 19.9. The van der Waals surface area contributed by atoms with Crippen molar-refractivity contribution in [2.24, 2.45) is 0 Å². The molecule has 0 amide bonds. The van der Waals surface area contributed by atoms with E-state index in [1.807, 2.05) is 0 Å². The van der Waals surface area contributed by atoms with Gasteiger partial charge in [0.15, 0.2) is 0 Å². The Labute approximate surface area is 128 Å². The van der Waals surface area contributed by atoms with Crippen LogP contribution in [-0.2, 0) is 22.6 Å². The Balaban J connectivity index is 1.76. The summed E-state index contributed by atoms with van der Waals surface area (Å²) in [7, 11) is 0. The predicted octanol–water partition coefficient (Wildman–Crippen LogP) is 3.56. The Kier molecular flexibility index (Phi) is 5.85. The first-order valence-corrected chi connectivity index (χ1v) is 7.96. The number of furan rings is 1. The fourth-order valence-corrected chi connectivity index (χ4v) is 2.41. The van der Waals surface area contributed by atoms with Gasteiger partial charge in [0.1, 0.15) is 18.1 Å². The van der Waals surface area contributed by atoms with Gasteiger partial charge in [0.2, 0.25) is 0 Å². The van der Waals surface area contributed by atoms with Gasteiger partial charge in [-0.3, -0.25) is 0 Å². The molecule has 1 N–H and O–H groups in total. The van der Waals surface area contributed by atoms with Gasteiger partial charge >= 0.3 is 0 Å². The lowest BCUT2D eigenvalue weighted by Crippen LogP contribution is -2.35. The smallest absolute Gasteiger partial charge is 0.130 e. The Bertz CT molecular complexity index is 428. The van der Waals surface area contributed by atoms with Crippen molar-refractivity contribution >= 4 is 0 Å². The average Bonchev–Trinajstić information content (AvgIpc) is 2.77. The monoisotopic (exact) mass is 295 g/mol. The fourth-order valence-electron chi connectivity index (χ4n) is 2.41. The quantitative estimate of drug-likeness (QED) is 0.871. The molecule has 1 aliphatic rings. The van der Waals surface area contributed by atoms with Crippen LogP contribution in [0.4, 0.5) is 0 Å². The second-order valence-corrected chi connectivity index (χ2v) is 6.93. The maximum absolute atomic E-state index is 5.87. The van der Waals surface area contributed by atoms with Gasteiger partial charge in [0, 0.05) is 12.1 Å². The summed E-state index contributed by atoms with van der Waals surface area (Å²) < 4.78 is 17.3. The van der Waals surface area contributed by atoms with Crippen molar-refractivity contribution in [3.63, 3.8) is 0 Å². The molecule has 1 aliphatic heterocycles. The van der Waals surface area contributed by atoms with Crippen molar-refractivity contribution < 1.29 is 13.9 Å². The highest BCUT2D eigenvalue weighted by Crippen LogP contribution is 2.18. The lowest BCUT2D eigenvalue weighted by atomic mass is 10.1. The van der Waals surface area contributed by atoms with E-state index in [4.69, 9.17) is 13.9 Å². The highest BCUT2D eigenvalue weighted by Gasteiger charge is 2.15. The van der Waals surface area contributed by atoms with E-state index in [1.165, 1.54) is 18.4 Å². The van der Waals surface area contributed by atoms with Crippen LogP contribution in [0, 0.1) is 6.92 Å². The van der Waals surface area contributed by atoms with Crippen molar-refractivity contribution in [3.8, 4) is 0 Å². The largest absolute Gasteiger partial charge is 0.462 e. The summed E-state index contributed by atoms with van der Waals surface area (Å²) in [4.78, 5) is 0. The molecule has 2 rings (SSSR count). The van der Waals surface area contributed by atoms with Gasteiger partial charge in [-0.05, 0) is 58.6 Å². The molecule has 1 atom stereocenters. The molecule has 2 heterocycles. The molecular formula is C17H29NO3. The summed E-state index contributed by atoms with van der Waals surface area (Å²) in [5.74, 6) is 1.89. The highest BCUT2D eigenvalue weighted by molar-refractivity contribution is 5.19. The molecule has 4 heteroatoms. The fraction of sp³-hybridized carbons (Fsp3) is 0.765. The van der Waals surface area contributed by atoms with Gasteiger partial charge in [-0.25, -0.2) is 0 Å². The van der Waals surface area contributed by atoms with E-state index in [-0.39, 0.29) is 11.6 Å². The minimum absolute atomic E-state index is 0.0915. The molecule has 0 radical (unpaired) electrons. The van der Waals surface area contributed by atoms with Gasteiger partial charge in [-0.15, -0.1) is 0 Å². The molecule has 4 nitrogen and oxygen atoms in total. The number of ether oxygens (including phenoxy) is 2. The topological polar surface area (TPSA) is 43.6 Å². The minimum atomic E-state index is 0.0915. The Morgan fingerprint density at radius 2 is 2.14 bits per heavy atom. The zero-order chi connectivity index (χ0) is 15.3. The van der Waals surface area contributed by atoms with Crippen molar-refractivity contribution in [1.82, 2.24) is 5.32 Å². The molecule has 21 heavy (non-hydrogen) atoms. The molecule has 0 aromatic carbocycles. The molecule has 1 aromatic rings. The molecule has 0 bridgehead atoms. The van der Waals surface area contributed by atoms with Crippen LogP contribution in [0.1, 0.15) is 57.1 Å². The minimum Gasteiger partial charge on any atom is -0.462 e. The SMILES string of the molecule is Cc1cc(COCC2CCCCO2)oc1CNC(C)(C)C. The lowest BCUT2D eigenvalue weighted by Gasteiger charge is -2.22. The third-order valence-corrected chi connectivity index (χ3v) is 3.67. The second-order valence-electron chi connectivity index (χ2n) is 6.93. The van der Waals surface area contributed by atoms with Crippen LogP contribution in [0.15, 0.2) is 10.5 Å². The van der Waals surface area contributed by atoms with E-state index in [9.17, 15) is 0 Å². The van der Waals surface area contributed by atoms with E-state index in [0.717, 1.165) is 31.1 Å². The Morgan fingerprint density at radius 3 is 2.81 bits per heavy atom. The maximum atomic E-state index is 5.87. The molecule has 1 aromatic heterocycles. The van der Waals surface area contributed by atoms with E-state index in [0.29, 0.717) is 13.2 Å². The molecule has 1 unspecified atom stereocenters. The van der Waals surface area contributed by atoms with Crippen molar-refractivity contribution in [2.75, 3.05) is 13.2 Å². The summed E-state index contributed by atoms with van der Waals surface area (Å²) >= 11 is 0. The Hall–Kier alpha value is -0.840. The van der Waals surface area contributed by atoms with Crippen molar-refractivity contribution in [2.45, 2.75) is 71.8 Å². The predicted molar refractivity (Wildman–Crippen MR) is 83.3 cm³/mol. The molecule has 1 fully saturated rings. The zero-order valence-electron chi connectivity index (χ0n) is 13.8. The second kappa shape index (κ2) is 7.43. The van der Waals surface area contributed by atoms with Gasteiger partial charge in [0.25, 0.3) is 0 Å². The van der Waals surface area contributed by atoms with E-state index < -0.39 is 0 Å². The lowest BCUT2D eigenvalue weighted by molar-refractivity contribution is -0.0473. The first-order chi connectivity index (χ1) is 9.94. The Morgan fingerprint density at radius 1 is 1.33 bits per heavy atom. The van der Waals surface area contributed by atoms with Crippen LogP contribution < -0.4 is 5.32 Å². The standard InChI is InChI=1S/C17H29NO3/c1-13-9-15(21-16(13)10-18-17(2,3)4)12-19-11-14-7-5-6-8-20-14/h9,14,18H,5-8,10-12H2,1-4H3. The van der Waals surface area contributed by atoms with Gasteiger partial charge in [0.05, 0.1) is 19.3 Å². The van der Waals surface area contributed by atoms with Gasteiger partial charge in [-0.1, -0.05) is 0 Å². The third-order valence-electron chi connectivity index (χ3n) is 3.67. The summed E-state index contributed by atoms with van der Waals surface area (Å²) in [6.07, 6.45) is 3.80. The number of hydrogen-bond acceptors (Lipinski definition) is 4. The number of nitrogens with one attached hydrogen (secondary N) is 1. The summed E-state index contributed by atoms with van der Waals surface area (Å²) in [5, 5.41) is 3.45. The van der Waals surface area contributed by atoms with Crippen LogP contribution >= 0.6 is 0 Å². The van der Waals surface area contributed by atoms with Crippen LogP contribution in [0.5, 0.6) is 0 Å². The first kappa shape index (κ1) is 16.5. The van der Waals surface area contributed by atoms with Crippen LogP contribution in [0.3, 0.4) is 0 Å². The number of rotatable bonds is 6. The molecule has 1 saturated heterocycles. The molecule has 0 spiro atoms. The van der Waals surface area contributed by atoms with Crippen molar-refractivity contribution in [1.29, 1.82) is 0 Å². The molecular weight excluding hydrogens is 266 g/mol. The molecule has 120 valence electrons. The van der Waals surface area contributed by atoms with E-state index >= 15 is 0 Å². The highest BCUT2D eigenvalue weighted by atomic mass is 16.5. The summed E-state index contributed by atoms with van der Waals surface area (Å²) in [5.41, 5.74) is 1.27. The maximum Gasteiger partial charge on any atom is 0.130 e. The summed E-state index contributed by atoms with van der Waals surface area (Å²) in [6.45, 7) is 11.3. The average molecular weight is 295 g/mol. The van der Waals surface area contributed by atoms with E-state index in [2.05, 4.69) is 39.1 Å². The number of aryl methyl sites for hydroxylation is 1. The van der Waals surface area contributed by atoms with Crippen LogP contribution in [0.2, 0.25) is 0 Å². The first-order valence-electron chi connectivity index (χ1n) is 7.96. The van der Waals surface area contributed by atoms with Gasteiger partial charge < -0.3 is 19.2 Å². The molecule has 0 aliphatic carbocycles. The molecule has 0 saturated carbocycles. The number of hydrogen-bond donors (Lipinski definition) is 1.